The van der Waals surface area contributed by atoms with E-state index < -0.39 is 12.2 Å². The zero-order valence-electron chi connectivity index (χ0n) is 16.7. The third-order valence-corrected chi connectivity index (χ3v) is 5.96. The first-order valence-electron chi connectivity index (χ1n) is 9.72. The highest BCUT2D eigenvalue weighted by atomic mass is 32.1. The third kappa shape index (κ3) is 4.36. The molecule has 5 nitrogen and oxygen atoms in total. The van der Waals surface area contributed by atoms with E-state index in [-0.39, 0.29) is 31.3 Å². The molecule has 1 amide bonds. The number of nitrogens with zero attached hydrogens (tertiary/aromatic N) is 3. The number of ether oxygens (including phenoxy) is 1. The summed E-state index contributed by atoms with van der Waals surface area (Å²) in [6.07, 6.45) is 0.525. The van der Waals surface area contributed by atoms with E-state index in [0.717, 1.165) is 21.6 Å². The topological polar surface area (TPSA) is 47.4 Å². The molecule has 0 saturated carbocycles. The highest BCUT2D eigenvalue weighted by Gasteiger charge is 2.45. The van der Waals surface area contributed by atoms with E-state index in [0.29, 0.717) is 4.88 Å². The van der Waals surface area contributed by atoms with Crippen molar-refractivity contribution in [1.29, 1.82) is 0 Å². The van der Waals surface area contributed by atoms with Crippen molar-refractivity contribution in [3.8, 4) is 5.75 Å². The number of carbonyl (C=O) groups is 1. The molecule has 0 spiro atoms. The second-order valence-corrected chi connectivity index (χ2v) is 7.99. The van der Waals surface area contributed by atoms with Gasteiger partial charge in [-0.25, -0.2) is 4.68 Å². The molecule has 4 rings (SSSR count). The number of carbonyl (C=O) groups excluding carboxylic acids is 1. The number of benzene rings is 1. The van der Waals surface area contributed by atoms with Crippen LogP contribution in [0.15, 0.2) is 54.1 Å². The number of para-hydroxylation sites is 1. The lowest BCUT2D eigenvalue weighted by Crippen LogP contribution is -2.42. The Kier molecular flexibility index (Phi) is 5.86. The summed E-state index contributed by atoms with van der Waals surface area (Å²) >= 11 is 1.25. The fraction of sp³-hybridized carbons (Fsp3) is 0.273. The minimum Gasteiger partial charge on any atom is -0.488 e. The van der Waals surface area contributed by atoms with Crippen LogP contribution < -0.4 is 9.64 Å². The smallest absolute Gasteiger partial charge is 0.410 e. The van der Waals surface area contributed by atoms with Crippen LogP contribution in [0.4, 0.5) is 19.0 Å². The maximum absolute atomic E-state index is 13.3. The minimum atomic E-state index is -4.41. The number of hydrogen-bond acceptors (Lipinski definition) is 4. The highest BCUT2D eigenvalue weighted by Crippen LogP contribution is 2.39. The molecule has 31 heavy (non-hydrogen) atoms. The molecule has 1 aliphatic rings. The maximum atomic E-state index is 13.3. The van der Waals surface area contributed by atoms with Gasteiger partial charge in [0.05, 0.1) is 11.1 Å². The van der Waals surface area contributed by atoms with Crippen molar-refractivity contribution in [2.24, 2.45) is 0 Å². The first kappa shape index (κ1) is 21.2. The Balaban J connectivity index is 1.48. The van der Waals surface area contributed by atoms with Crippen LogP contribution in [-0.2, 0) is 6.61 Å². The van der Waals surface area contributed by atoms with Crippen LogP contribution >= 0.6 is 11.3 Å². The van der Waals surface area contributed by atoms with Crippen molar-refractivity contribution in [1.82, 2.24) is 9.78 Å². The second kappa shape index (κ2) is 8.58. The van der Waals surface area contributed by atoms with Gasteiger partial charge in [-0.2, -0.15) is 18.3 Å². The van der Waals surface area contributed by atoms with E-state index in [1.54, 1.807) is 6.07 Å². The van der Waals surface area contributed by atoms with E-state index in [4.69, 9.17) is 4.74 Å². The molecule has 2 aromatic heterocycles. The monoisotopic (exact) mass is 447 g/mol. The Bertz CT molecular complexity index is 1100. The Labute approximate surface area is 181 Å². The van der Waals surface area contributed by atoms with Gasteiger partial charge in [0.2, 0.25) is 0 Å². The molecule has 0 saturated heterocycles. The largest absolute Gasteiger partial charge is 0.488 e. The number of amides is 1. The number of hydrogen-bond donors (Lipinski definition) is 0. The quantitative estimate of drug-likeness (QED) is 0.503. The molecule has 1 aliphatic heterocycles. The van der Waals surface area contributed by atoms with Crippen molar-refractivity contribution in [3.63, 3.8) is 0 Å². The second-order valence-electron chi connectivity index (χ2n) is 7.08. The molecular weight excluding hydrogens is 427 g/mol. The van der Waals surface area contributed by atoms with E-state index in [9.17, 15) is 18.0 Å². The number of thiophene rings is 1. The van der Waals surface area contributed by atoms with E-state index in [1.165, 1.54) is 28.5 Å². The number of rotatable bonds is 5. The number of fused-ring (bicyclic) bond motifs is 1. The zero-order chi connectivity index (χ0) is 22.0. The molecule has 3 heterocycles. The minimum absolute atomic E-state index is 0.0187. The standard InChI is InChI=1S/C22H20F3N3O2S/c1-2-5-16-6-3-4-7-17(16)30-13-15-12-18(31-14-15)21(29)27-11-9-19(22(23,24)25)28-20(27)8-10-26-28/h2-8,10,12,14,19H,9,11,13H2,1H3/b5-2+. The van der Waals surface area contributed by atoms with Gasteiger partial charge in [-0.3, -0.25) is 9.69 Å². The predicted molar refractivity (Wildman–Crippen MR) is 113 cm³/mol. The molecule has 0 fully saturated rings. The van der Waals surface area contributed by atoms with Gasteiger partial charge < -0.3 is 4.74 Å². The summed E-state index contributed by atoms with van der Waals surface area (Å²) in [7, 11) is 0. The first-order valence-corrected chi connectivity index (χ1v) is 10.6. The van der Waals surface area contributed by atoms with Crippen LogP contribution in [0, 0.1) is 0 Å². The van der Waals surface area contributed by atoms with E-state index in [2.05, 4.69) is 5.10 Å². The van der Waals surface area contributed by atoms with Gasteiger partial charge in [-0.1, -0.05) is 30.4 Å². The Morgan fingerprint density at radius 1 is 1.32 bits per heavy atom. The molecule has 3 aromatic rings. The van der Waals surface area contributed by atoms with Gasteiger partial charge in [-0.15, -0.1) is 11.3 Å². The summed E-state index contributed by atoms with van der Waals surface area (Å²) in [5.41, 5.74) is 1.78. The maximum Gasteiger partial charge on any atom is 0.410 e. The summed E-state index contributed by atoms with van der Waals surface area (Å²) in [5, 5.41) is 5.63. The lowest BCUT2D eigenvalue weighted by molar-refractivity contribution is -0.172. The first-order chi connectivity index (χ1) is 14.9. The lowest BCUT2D eigenvalue weighted by atomic mass is 10.1. The molecule has 0 bridgehead atoms. The number of anilines is 1. The summed E-state index contributed by atoms with van der Waals surface area (Å²) in [5.74, 6) is 0.552. The van der Waals surface area contributed by atoms with Gasteiger partial charge in [0.25, 0.3) is 5.91 Å². The van der Waals surface area contributed by atoms with Crippen LogP contribution in [0.3, 0.4) is 0 Å². The number of allylic oxidation sites excluding steroid dienone is 1. The Morgan fingerprint density at radius 3 is 2.90 bits per heavy atom. The average Bonchev–Trinajstić information content (AvgIpc) is 3.41. The summed E-state index contributed by atoms with van der Waals surface area (Å²) in [6.45, 7) is 2.19. The van der Waals surface area contributed by atoms with Crippen molar-refractivity contribution in [2.75, 3.05) is 11.4 Å². The zero-order valence-corrected chi connectivity index (χ0v) is 17.5. The molecule has 1 aromatic carbocycles. The van der Waals surface area contributed by atoms with Gasteiger partial charge in [-0.05, 0) is 30.9 Å². The molecule has 1 atom stereocenters. The van der Waals surface area contributed by atoms with Crippen molar-refractivity contribution in [2.45, 2.75) is 32.2 Å². The van der Waals surface area contributed by atoms with Crippen LogP contribution in [0.5, 0.6) is 5.75 Å². The van der Waals surface area contributed by atoms with Gasteiger partial charge in [0, 0.05) is 23.7 Å². The van der Waals surface area contributed by atoms with E-state index in [1.807, 2.05) is 48.7 Å². The molecule has 9 heteroatoms. The molecule has 0 N–H and O–H groups in total. The van der Waals surface area contributed by atoms with Crippen LogP contribution in [0.2, 0.25) is 0 Å². The van der Waals surface area contributed by atoms with Crippen LogP contribution in [0.25, 0.3) is 6.08 Å². The highest BCUT2D eigenvalue weighted by molar-refractivity contribution is 7.12. The molecule has 162 valence electrons. The molecule has 0 aliphatic carbocycles. The SMILES string of the molecule is C/C=C/c1ccccc1OCc1csc(C(=O)N2CCC(C(F)(F)F)n3nccc32)c1. The average molecular weight is 447 g/mol. The van der Waals surface area contributed by atoms with Crippen molar-refractivity contribution >= 4 is 29.1 Å². The van der Waals surface area contributed by atoms with Crippen LogP contribution in [0.1, 0.15) is 40.2 Å². The molecule has 1 unspecified atom stereocenters. The van der Waals surface area contributed by atoms with Crippen LogP contribution in [-0.4, -0.2) is 28.4 Å². The van der Waals surface area contributed by atoms with E-state index >= 15 is 0 Å². The van der Waals surface area contributed by atoms with Gasteiger partial charge in [0.1, 0.15) is 18.2 Å². The van der Waals surface area contributed by atoms with Gasteiger partial charge in [0.15, 0.2) is 6.04 Å². The number of alkyl halides is 3. The van der Waals surface area contributed by atoms with Gasteiger partial charge >= 0.3 is 6.18 Å². The van der Waals surface area contributed by atoms with Crippen molar-refractivity contribution < 1.29 is 22.7 Å². The Hall–Kier alpha value is -3.07. The number of aromatic nitrogens is 2. The predicted octanol–water partition coefficient (Wildman–Crippen LogP) is 5.71. The fourth-order valence-corrected chi connectivity index (χ4v) is 4.39. The lowest BCUT2D eigenvalue weighted by Gasteiger charge is -2.33. The molecule has 0 radical (unpaired) electrons. The summed E-state index contributed by atoms with van der Waals surface area (Å²) in [4.78, 5) is 14.8. The fourth-order valence-electron chi connectivity index (χ4n) is 3.54. The summed E-state index contributed by atoms with van der Waals surface area (Å²) < 4.78 is 46.6. The van der Waals surface area contributed by atoms with Crippen molar-refractivity contribution in [3.05, 3.63) is 70.1 Å². The Morgan fingerprint density at radius 2 is 2.13 bits per heavy atom. The normalized spacial score (nSPS) is 16.5. The summed E-state index contributed by atoms with van der Waals surface area (Å²) in [6, 6.07) is 9.08. The molecular formula is C22H20F3N3O2S. The third-order valence-electron chi connectivity index (χ3n) is 4.99. The number of halogens is 3.